The average Bonchev–Trinajstić information content (AvgIpc) is 2.34. The van der Waals surface area contributed by atoms with Gasteiger partial charge in [-0.05, 0) is 44.0 Å². The van der Waals surface area contributed by atoms with Gasteiger partial charge in [0.05, 0.1) is 13.0 Å². The van der Waals surface area contributed by atoms with E-state index in [2.05, 4.69) is 10.6 Å². The molecule has 0 aliphatic carbocycles. The molecule has 104 valence electrons. The molecule has 1 aromatic carbocycles. The number of benzene rings is 1. The molecule has 0 aliphatic heterocycles. The van der Waals surface area contributed by atoms with Crippen LogP contribution in [0.5, 0.6) is 0 Å². The topological polar surface area (TPSA) is 67.4 Å². The Morgan fingerprint density at radius 1 is 1.21 bits per heavy atom. The number of urea groups is 1. The van der Waals surface area contributed by atoms with E-state index in [0.29, 0.717) is 6.61 Å². The van der Waals surface area contributed by atoms with E-state index in [0.717, 1.165) is 11.3 Å². The molecule has 0 bridgehead atoms. The Hall–Kier alpha value is -2.04. The van der Waals surface area contributed by atoms with Crippen molar-refractivity contribution in [3.05, 3.63) is 29.3 Å². The molecule has 2 amide bonds. The van der Waals surface area contributed by atoms with Crippen LogP contribution < -0.4 is 10.6 Å². The number of hydrogen-bond donors (Lipinski definition) is 2. The van der Waals surface area contributed by atoms with Crippen LogP contribution in [0.15, 0.2) is 18.2 Å². The van der Waals surface area contributed by atoms with Crippen LogP contribution >= 0.6 is 0 Å². The van der Waals surface area contributed by atoms with Crippen molar-refractivity contribution in [3.63, 3.8) is 0 Å². The van der Waals surface area contributed by atoms with Gasteiger partial charge >= 0.3 is 12.0 Å². The first-order valence-corrected chi connectivity index (χ1v) is 6.30. The largest absolute Gasteiger partial charge is 0.466 e. The number of aryl methyl sites for hydroxylation is 2. The normalized spacial score (nSPS) is 9.84. The number of anilines is 1. The number of ether oxygens (including phenoxy) is 1. The predicted octanol–water partition coefficient (Wildman–Crippen LogP) is 2.38. The lowest BCUT2D eigenvalue weighted by atomic mass is 10.1. The minimum absolute atomic E-state index is 0.175. The first-order valence-electron chi connectivity index (χ1n) is 6.30. The zero-order valence-corrected chi connectivity index (χ0v) is 11.6. The maximum absolute atomic E-state index is 11.6. The summed E-state index contributed by atoms with van der Waals surface area (Å²) in [6, 6.07) is 5.37. The van der Waals surface area contributed by atoms with Gasteiger partial charge < -0.3 is 15.4 Å². The quantitative estimate of drug-likeness (QED) is 0.802. The first-order chi connectivity index (χ1) is 9.02. The summed E-state index contributed by atoms with van der Waals surface area (Å²) >= 11 is 0. The Bertz CT molecular complexity index is 458. The Labute approximate surface area is 113 Å². The number of rotatable bonds is 5. The number of hydrogen-bond acceptors (Lipinski definition) is 3. The Kier molecular flexibility index (Phi) is 5.85. The van der Waals surface area contributed by atoms with Gasteiger partial charge in [0.2, 0.25) is 0 Å². The van der Waals surface area contributed by atoms with Crippen molar-refractivity contribution in [2.45, 2.75) is 27.2 Å². The number of esters is 1. The zero-order valence-electron chi connectivity index (χ0n) is 11.6. The van der Waals surface area contributed by atoms with Crippen molar-refractivity contribution in [1.29, 1.82) is 0 Å². The van der Waals surface area contributed by atoms with Crippen molar-refractivity contribution >= 4 is 17.7 Å². The number of nitrogens with one attached hydrogen (secondary N) is 2. The molecular formula is C14H20N2O3. The molecule has 1 aromatic rings. The Morgan fingerprint density at radius 2 is 1.95 bits per heavy atom. The molecule has 1 rings (SSSR count). The maximum Gasteiger partial charge on any atom is 0.319 e. The van der Waals surface area contributed by atoms with Crippen molar-refractivity contribution in [2.75, 3.05) is 18.5 Å². The summed E-state index contributed by atoms with van der Waals surface area (Å²) < 4.78 is 4.76. The fourth-order valence-corrected chi connectivity index (χ4v) is 1.51. The molecule has 19 heavy (non-hydrogen) atoms. The van der Waals surface area contributed by atoms with Crippen molar-refractivity contribution in [2.24, 2.45) is 0 Å². The summed E-state index contributed by atoms with van der Waals surface area (Å²) in [6.45, 7) is 6.36. The summed E-state index contributed by atoms with van der Waals surface area (Å²) in [6.07, 6.45) is 0.175. The molecule has 0 spiro atoms. The van der Waals surface area contributed by atoms with Crippen molar-refractivity contribution < 1.29 is 14.3 Å². The zero-order chi connectivity index (χ0) is 14.3. The lowest BCUT2D eigenvalue weighted by molar-refractivity contribution is -0.142. The summed E-state index contributed by atoms with van der Waals surface area (Å²) in [4.78, 5) is 22.6. The number of carbonyl (C=O) groups is 2. The lowest BCUT2D eigenvalue weighted by Crippen LogP contribution is -2.30. The third-order valence-electron chi connectivity index (χ3n) is 2.68. The van der Waals surface area contributed by atoms with E-state index in [1.807, 2.05) is 32.0 Å². The highest BCUT2D eigenvalue weighted by molar-refractivity contribution is 5.89. The minimum Gasteiger partial charge on any atom is -0.466 e. The SMILES string of the molecule is CCOC(=O)CCNC(=O)Nc1ccc(C)c(C)c1. The van der Waals surface area contributed by atoms with Crippen LogP contribution in [0.4, 0.5) is 10.5 Å². The van der Waals surface area contributed by atoms with E-state index in [9.17, 15) is 9.59 Å². The van der Waals surface area contributed by atoms with Crippen LogP contribution in [0.25, 0.3) is 0 Å². The van der Waals surface area contributed by atoms with Crippen LogP contribution in [-0.2, 0) is 9.53 Å². The van der Waals surface area contributed by atoms with Crippen LogP contribution in [-0.4, -0.2) is 25.2 Å². The molecule has 0 saturated heterocycles. The molecule has 0 aromatic heterocycles. The second-order valence-electron chi connectivity index (χ2n) is 4.23. The van der Waals surface area contributed by atoms with Gasteiger partial charge in [0.1, 0.15) is 0 Å². The third kappa shape index (κ3) is 5.42. The van der Waals surface area contributed by atoms with Crippen LogP contribution in [0, 0.1) is 13.8 Å². The van der Waals surface area contributed by atoms with Gasteiger partial charge in [0.25, 0.3) is 0 Å². The van der Waals surface area contributed by atoms with Crippen LogP contribution in [0.3, 0.4) is 0 Å². The van der Waals surface area contributed by atoms with E-state index in [1.54, 1.807) is 6.92 Å². The smallest absolute Gasteiger partial charge is 0.319 e. The number of amides is 2. The molecule has 0 atom stereocenters. The average molecular weight is 264 g/mol. The van der Waals surface area contributed by atoms with Gasteiger partial charge in [-0.25, -0.2) is 4.79 Å². The highest BCUT2D eigenvalue weighted by Gasteiger charge is 2.05. The molecule has 0 aliphatic rings. The second-order valence-corrected chi connectivity index (χ2v) is 4.23. The maximum atomic E-state index is 11.6. The molecule has 0 saturated carbocycles. The van der Waals surface area contributed by atoms with Crippen molar-refractivity contribution in [1.82, 2.24) is 5.32 Å². The second kappa shape index (κ2) is 7.41. The van der Waals surface area contributed by atoms with E-state index >= 15 is 0 Å². The highest BCUT2D eigenvalue weighted by Crippen LogP contribution is 2.13. The van der Waals surface area contributed by atoms with Gasteiger partial charge in [0, 0.05) is 12.2 Å². The third-order valence-corrected chi connectivity index (χ3v) is 2.68. The molecule has 0 heterocycles. The monoisotopic (exact) mass is 264 g/mol. The van der Waals surface area contributed by atoms with Gasteiger partial charge in [-0.2, -0.15) is 0 Å². The summed E-state index contributed by atoms with van der Waals surface area (Å²) in [5.41, 5.74) is 3.02. The summed E-state index contributed by atoms with van der Waals surface area (Å²) in [7, 11) is 0. The Morgan fingerprint density at radius 3 is 2.58 bits per heavy atom. The van der Waals surface area contributed by atoms with E-state index in [4.69, 9.17) is 4.74 Å². The fraction of sp³-hybridized carbons (Fsp3) is 0.429. The molecule has 2 N–H and O–H groups in total. The first kappa shape index (κ1) is 15.0. The minimum atomic E-state index is -0.326. The highest BCUT2D eigenvalue weighted by atomic mass is 16.5. The Balaban J connectivity index is 2.35. The van der Waals surface area contributed by atoms with E-state index < -0.39 is 0 Å². The standard InChI is InChI=1S/C14H20N2O3/c1-4-19-13(17)7-8-15-14(18)16-12-6-5-10(2)11(3)9-12/h5-6,9H,4,7-8H2,1-3H3,(H2,15,16,18). The molecular weight excluding hydrogens is 244 g/mol. The molecule has 5 heteroatoms. The lowest BCUT2D eigenvalue weighted by Gasteiger charge is -2.09. The fourth-order valence-electron chi connectivity index (χ4n) is 1.51. The van der Waals surface area contributed by atoms with Gasteiger partial charge in [-0.1, -0.05) is 6.07 Å². The van der Waals surface area contributed by atoms with E-state index in [-0.39, 0.29) is 25.0 Å². The summed E-state index contributed by atoms with van der Waals surface area (Å²) in [5.74, 6) is -0.311. The van der Waals surface area contributed by atoms with Crippen LogP contribution in [0.2, 0.25) is 0 Å². The van der Waals surface area contributed by atoms with Crippen LogP contribution in [0.1, 0.15) is 24.5 Å². The van der Waals surface area contributed by atoms with Gasteiger partial charge in [0.15, 0.2) is 0 Å². The number of carbonyl (C=O) groups excluding carboxylic acids is 2. The van der Waals surface area contributed by atoms with Gasteiger partial charge in [-0.3, -0.25) is 4.79 Å². The van der Waals surface area contributed by atoms with Crippen molar-refractivity contribution in [3.8, 4) is 0 Å². The molecule has 0 unspecified atom stereocenters. The van der Waals surface area contributed by atoms with Gasteiger partial charge in [-0.15, -0.1) is 0 Å². The molecule has 0 radical (unpaired) electrons. The predicted molar refractivity (Wildman–Crippen MR) is 74.2 cm³/mol. The summed E-state index contributed by atoms with van der Waals surface area (Å²) in [5, 5.41) is 5.32. The van der Waals surface area contributed by atoms with E-state index in [1.165, 1.54) is 5.56 Å². The molecule has 5 nitrogen and oxygen atoms in total. The molecule has 0 fully saturated rings.